The average Bonchev–Trinajstić information content (AvgIpc) is 3.36. The highest BCUT2D eigenvalue weighted by Gasteiger charge is 2.29. The number of thioether (sulfide) groups is 1. The second-order valence-electron chi connectivity index (χ2n) is 7.19. The number of hydrogen-bond donors (Lipinski definition) is 1. The van der Waals surface area contributed by atoms with Crippen molar-refractivity contribution in [2.45, 2.75) is 17.6 Å². The molecule has 2 aromatic carbocycles. The molecule has 2 aromatic heterocycles. The van der Waals surface area contributed by atoms with Gasteiger partial charge >= 0.3 is 0 Å². The van der Waals surface area contributed by atoms with Crippen molar-refractivity contribution in [2.24, 2.45) is 0 Å². The van der Waals surface area contributed by atoms with E-state index >= 15 is 0 Å². The Morgan fingerprint density at radius 2 is 1.97 bits per heavy atom. The van der Waals surface area contributed by atoms with Crippen LogP contribution in [0.2, 0.25) is 10.0 Å². The minimum atomic E-state index is -0.364. The summed E-state index contributed by atoms with van der Waals surface area (Å²) in [6, 6.07) is 10.3. The van der Waals surface area contributed by atoms with Gasteiger partial charge in [0.1, 0.15) is 11.2 Å². The van der Waals surface area contributed by atoms with Crippen molar-refractivity contribution in [2.75, 3.05) is 11.1 Å². The molecule has 3 heterocycles. The first-order chi connectivity index (χ1) is 15.4. The molecule has 5 rings (SSSR count). The number of nitrogens with zero attached hydrogens (tertiary/aromatic N) is 4. The number of hydrogen-bond acceptors (Lipinski definition) is 5. The molecule has 1 amide bonds. The standard InChI is InChI=1S/C21H14Cl2FN5O2S/c22-16-6-3-12(7-17(16)23)26-18(30)8-14-10-32-21-27-19-15(20(31)28(14)21)9-25-29(19)13-4-1-11(24)2-5-13/h1-7,9,14H,8,10H2,(H,26,30). The number of halogens is 3. The van der Waals surface area contributed by atoms with Crippen LogP contribution in [0, 0.1) is 5.82 Å². The number of amides is 1. The third-order valence-electron chi connectivity index (χ3n) is 5.07. The third-order valence-corrected chi connectivity index (χ3v) is 6.90. The average molecular weight is 490 g/mol. The summed E-state index contributed by atoms with van der Waals surface area (Å²) < 4.78 is 16.3. The lowest BCUT2D eigenvalue weighted by atomic mass is 10.2. The van der Waals surface area contributed by atoms with E-state index in [4.69, 9.17) is 23.2 Å². The normalized spacial score (nSPS) is 15.2. The van der Waals surface area contributed by atoms with Crippen molar-refractivity contribution in [1.29, 1.82) is 0 Å². The van der Waals surface area contributed by atoms with Crippen LogP contribution in [-0.2, 0) is 4.79 Å². The highest BCUT2D eigenvalue weighted by atomic mass is 35.5. The van der Waals surface area contributed by atoms with Crippen molar-refractivity contribution in [3.63, 3.8) is 0 Å². The molecular formula is C21H14Cl2FN5O2S. The number of aromatic nitrogens is 4. The van der Waals surface area contributed by atoms with Crippen molar-refractivity contribution in [1.82, 2.24) is 19.3 Å². The molecule has 1 unspecified atom stereocenters. The number of carbonyl (C=O) groups is 1. The van der Waals surface area contributed by atoms with Crippen LogP contribution in [0.5, 0.6) is 0 Å². The summed E-state index contributed by atoms with van der Waals surface area (Å²) in [5.41, 5.74) is 1.24. The number of carbonyl (C=O) groups excluding carboxylic acids is 1. The lowest BCUT2D eigenvalue weighted by Crippen LogP contribution is -2.27. The molecule has 0 saturated heterocycles. The van der Waals surface area contributed by atoms with Crippen LogP contribution in [0.15, 0.2) is 58.6 Å². The quantitative estimate of drug-likeness (QED) is 0.420. The van der Waals surface area contributed by atoms with E-state index in [-0.39, 0.29) is 29.7 Å². The summed E-state index contributed by atoms with van der Waals surface area (Å²) >= 11 is 13.3. The fourth-order valence-electron chi connectivity index (χ4n) is 3.55. The highest BCUT2D eigenvalue weighted by molar-refractivity contribution is 7.99. The second-order valence-corrected chi connectivity index (χ2v) is 8.99. The summed E-state index contributed by atoms with van der Waals surface area (Å²) in [5.74, 6) is -0.0827. The Bertz CT molecular complexity index is 1420. The van der Waals surface area contributed by atoms with Gasteiger partial charge in [-0.3, -0.25) is 14.2 Å². The molecule has 11 heteroatoms. The second kappa shape index (κ2) is 8.23. The first-order valence-electron chi connectivity index (χ1n) is 9.54. The van der Waals surface area contributed by atoms with Crippen LogP contribution in [-0.4, -0.2) is 31.0 Å². The van der Waals surface area contributed by atoms with Gasteiger partial charge in [-0.2, -0.15) is 5.10 Å². The van der Waals surface area contributed by atoms with Crippen LogP contribution in [0.1, 0.15) is 12.5 Å². The minimum Gasteiger partial charge on any atom is -0.326 e. The molecule has 4 aromatic rings. The van der Waals surface area contributed by atoms with Gasteiger partial charge in [0.2, 0.25) is 5.91 Å². The molecule has 0 bridgehead atoms. The molecule has 32 heavy (non-hydrogen) atoms. The summed E-state index contributed by atoms with van der Waals surface area (Å²) in [6.07, 6.45) is 1.54. The van der Waals surface area contributed by atoms with Crippen LogP contribution in [0.3, 0.4) is 0 Å². The number of anilines is 1. The number of rotatable bonds is 4. The maximum absolute atomic E-state index is 13.3. The number of benzene rings is 2. The first kappa shape index (κ1) is 21.0. The van der Waals surface area contributed by atoms with Crippen molar-refractivity contribution in [3.05, 3.63) is 74.9 Å². The van der Waals surface area contributed by atoms with Gasteiger partial charge in [0, 0.05) is 17.9 Å². The van der Waals surface area contributed by atoms with Crippen LogP contribution in [0.4, 0.5) is 10.1 Å². The first-order valence-corrected chi connectivity index (χ1v) is 11.3. The molecule has 0 spiro atoms. The van der Waals surface area contributed by atoms with Gasteiger partial charge in [0.25, 0.3) is 5.56 Å². The molecule has 0 saturated carbocycles. The van der Waals surface area contributed by atoms with E-state index in [2.05, 4.69) is 15.4 Å². The van der Waals surface area contributed by atoms with Gasteiger partial charge < -0.3 is 5.32 Å². The SMILES string of the molecule is O=C(CC1CSc2nc3c(cnn3-c3ccc(F)cc3)c(=O)n21)Nc1ccc(Cl)c(Cl)c1. The van der Waals surface area contributed by atoms with E-state index in [1.807, 2.05) is 0 Å². The molecular weight excluding hydrogens is 476 g/mol. The molecule has 0 radical (unpaired) electrons. The molecule has 1 atom stereocenters. The van der Waals surface area contributed by atoms with Crippen LogP contribution < -0.4 is 10.9 Å². The zero-order valence-electron chi connectivity index (χ0n) is 16.3. The topological polar surface area (TPSA) is 81.8 Å². The Morgan fingerprint density at radius 3 is 2.72 bits per heavy atom. The predicted molar refractivity (Wildman–Crippen MR) is 123 cm³/mol. The van der Waals surface area contributed by atoms with Crippen molar-refractivity contribution >= 4 is 57.6 Å². The molecule has 1 aliphatic heterocycles. The van der Waals surface area contributed by atoms with Gasteiger partial charge in [-0.25, -0.2) is 14.1 Å². The molecule has 1 N–H and O–H groups in total. The van der Waals surface area contributed by atoms with E-state index in [0.717, 1.165) is 0 Å². The maximum Gasteiger partial charge on any atom is 0.265 e. The van der Waals surface area contributed by atoms with E-state index < -0.39 is 0 Å². The summed E-state index contributed by atoms with van der Waals surface area (Å²) in [4.78, 5) is 30.4. The summed E-state index contributed by atoms with van der Waals surface area (Å²) in [7, 11) is 0. The molecule has 0 fully saturated rings. The minimum absolute atomic E-state index is 0.0967. The maximum atomic E-state index is 13.3. The Kier molecular flexibility index (Phi) is 5.40. The van der Waals surface area contributed by atoms with E-state index in [1.165, 1.54) is 39.3 Å². The highest BCUT2D eigenvalue weighted by Crippen LogP contribution is 2.34. The van der Waals surface area contributed by atoms with Gasteiger partial charge in [-0.1, -0.05) is 35.0 Å². The van der Waals surface area contributed by atoms with E-state index in [9.17, 15) is 14.0 Å². The lowest BCUT2D eigenvalue weighted by Gasteiger charge is -2.14. The molecule has 1 aliphatic rings. The Hall–Kier alpha value is -2.88. The Balaban J connectivity index is 1.43. The van der Waals surface area contributed by atoms with Gasteiger partial charge in [-0.15, -0.1) is 0 Å². The van der Waals surface area contributed by atoms with Gasteiger partial charge in [0.05, 0.1) is 28.0 Å². The summed E-state index contributed by atoms with van der Waals surface area (Å²) in [5, 5.41) is 8.62. The monoisotopic (exact) mass is 489 g/mol. The molecule has 0 aliphatic carbocycles. The zero-order chi connectivity index (χ0) is 22.4. The molecule has 7 nitrogen and oxygen atoms in total. The fraction of sp³-hybridized carbons (Fsp3) is 0.143. The fourth-order valence-corrected chi connectivity index (χ4v) is 4.98. The Morgan fingerprint density at radius 1 is 1.19 bits per heavy atom. The smallest absolute Gasteiger partial charge is 0.265 e. The predicted octanol–water partition coefficient (Wildman–Crippen LogP) is 4.70. The number of fused-ring (bicyclic) bond motifs is 2. The van der Waals surface area contributed by atoms with E-state index in [0.29, 0.717) is 43.4 Å². The van der Waals surface area contributed by atoms with Crippen molar-refractivity contribution in [3.8, 4) is 5.69 Å². The van der Waals surface area contributed by atoms with Gasteiger partial charge in [-0.05, 0) is 42.5 Å². The zero-order valence-corrected chi connectivity index (χ0v) is 18.6. The van der Waals surface area contributed by atoms with E-state index in [1.54, 1.807) is 30.3 Å². The largest absolute Gasteiger partial charge is 0.326 e. The summed E-state index contributed by atoms with van der Waals surface area (Å²) in [6.45, 7) is 0. The van der Waals surface area contributed by atoms with Crippen LogP contribution in [0.25, 0.3) is 16.7 Å². The number of nitrogens with one attached hydrogen (secondary N) is 1. The lowest BCUT2D eigenvalue weighted by molar-refractivity contribution is -0.116. The van der Waals surface area contributed by atoms with Gasteiger partial charge in [0.15, 0.2) is 10.8 Å². The van der Waals surface area contributed by atoms with Crippen LogP contribution >= 0.6 is 35.0 Å². The van der Waals surface area contributed by atoms with Crippen molar-refractivity contribution < 1.29 is 9.18 Å². The molecule has 162 valence electrons. The third kappa shape index (κ3) is 3.76. The Labute approximate surface area is 195 Å².